The molecule has 0 saturated carbocycles. The van der Waals surface area contributed by atoms with Crippen LogP contribution in [0.2, 0.25) is 18.1 Å². The molecule has 62 heavy (non-hydrogen) atoms. The van der Waals surface area contributed by atoms with Crippen molar-refractivity contribution in [2.24, 2.45) is 0 Å². The lowest BCUT2D eigenvalue weighted by Gasteiger charge is -2.41. The van der Waals surface area contributed by atoms with E-state index in [2.05, 4.69) is 61.3 Å². The molecule has 14 heteroatoms. The van der Waals surface area contributed by atoms with E-state index in [4.69, 9.17) is 23.4 Å². The Kier molecular flexibility index (Phi) is 14.1. The smallest absolute Gasteiger partial charge is 0.351 e. The first kappa shape index (κ1) is 44.8. The van der Waals surface area contributed by atoms with Crippen LogP contribution in [0.1, 0.15) is 54.0 Å². The zero-order valence-electron chi connectivity index (χ0n) is 35.9. The molecule has 1 fully saturated rings. The second-order valence-corrected chi connectivity index (χ2v) is 23.5. The lowest BCUT2D eigenvalue weighted by molar-refractivity contribution is -0.0927. The normalized spacial score (nSPS) is 18.0. The zero-order valence-corrected chi connectivity index (χ0v) is 38.5. The Morgan fingerprint density at radius 3 is 1.92 bits per heavy atom. The molecule has 4 atom stereocenters. The first-order valence-electron chi connectivity index (χ1n) is 20.3. The molecule has 1 saturated heterocycles. The van der Waals surface area contributed by atoms with Crippen LogP contribution in [0.5, 0.6) is 11.5 Å². The molecule has 11 nitrogen and oxygen atoms in total. The van der Waals surface area contributed by atoms with E-state index in [1.807, 2.05) is 91.0 Å². The van der Waals surface area contributed by atoms with Crippen molar-refractivity contribution >= 4 is 41.6 Å². The van der Waals surface area contributed by atoms with Gasteiger partial charge in [0.1, 0.15) is 34.0 Å². The maximum Gasteiger partial charge on any atom is 0.351 e. The molecule has 1 aliphatic rings. The summed E-state index contributed by atoms with van der Waals surface area (Å²) in [5.74, 6) is 1.18. The number of carbonyl (C=O) groups excluding carboxylic acids is 1. The van der Waals surface area contributed by atoms with Crippen LogP contribution < -0.4 is 20.5 Å². The Hall–Kier alpha value is -5.22. The number of anilines is 1. The van der Waals surface area contributed by atoms with Crippen LogP contribution in [0, 0.1) is 0 Å². The van der Waals surface area contributed by atoms with E-state index in [9.17, 15) is 9.59 Å². The van der Waals surface area contributed by atoms with Crippen LogP contribution in [-0.2, 0) is 19.5 Å². The standard InChI is InChI=1S/C48H52N4O7S2Si/c1-47(2,3)62(6,7)59-42-39(32-57-48(34-18-12-9-13-19-34,35-21-25-37(55-4)26-22-35)36-23-27-38(56-5)28-24-36)58-45(43(42)61-60-41-20-14-15-30-49-41)52-31-29-40(51-46(52)54)50-44(53)33-16-10-8-11-17-33/h8-31,39,42-43,45H,32H2,1-7H3,(H,50,51,53,54)/t39-,42-,43-,45-/m1/s1. The molecule has 1 amide bonds. The summed E-state index contributed by atoms with van der Waals surface area (Å²) in [4.78, 5) is 36.0. The fourth-order valence-corrected chi connectivity index (χ4v) is 11.1. The molecule has 1 N–H and O–H groups in total. The van der Waals surface area contributed by atoms with E-state index < -0.39 is 43.3 Å². The highest BCUT2D eigenvalue weighted by Gasteiger charge is 2.53. The number of nitrogens with zero attached hydrogens (tertiary/aromatic N) is 3. The van der Waals surface area contributed by atoms with Crippen molar-refractivity contribution < 1.29 is 28.2 Å². The van der Waals surface area contributed by atoms with Crippen molar-refractivity contribution in [2.45, 2.75) is 73.2 Å². The van der Waals surface area contributed by atoms with E-state index in [0.29, 0.717) is 17.1 Å². The first-order valence-corrected chi connectivity index (χ1v) is 25.5. The molecular weight excluding hydrogens is 837 g/mol. The van der Waals surface area contributed by atoms with E-state index in [1.54, 1.807) is 67.7 Å². The minimum Gasteiger partial charge on any atom is -0.497 e. The molecule has 322 valence electrons. The number of ether oxygens (including phenoxy) is 4. The van der Waals surface area contributed by atoms with Crippen LogP contribution in [0.15, 0.2) is 156 Å². The summed E-state index contributed by atoms with van der Waals surface area (Å²) in [6, 6.07) is 42.0. The molecule has 4 aromatic carbocycles. The number of rotatable bonds is 16. The number of amides is 1. The molecule has 3 heterocycles. The summed E-state index contributed by atoms with van der Waals surface area (Å²) in [6.07, 6.45) is 1.32. The Morgan fingerprint density at radius 1 is 0.790 bits per heavy atom. The van der Waals surface area contributed by atoms with Gasteiger partial charge < -0.3 is 28.7 Å². The Morgan fingerprint density at radius 2 is 1.37 bits per heavy atom. The predicted octanol–water partition coefficient (Wildman–Crippen LogP) is 10.0. The molecule has 6 aromatic rings. The minimum absolute atomic E-state index is 0.0709. The van der Waals surface area contributed by atoms with Crippen molar-refractivity contribution in [2.75, 3.05) is 26.1 Å². The molecule has 7 rings (SSSR count). The number of methoxy groups -OCH3 is 2. The summed E-state index contributed by atoms with van der Waals surface area (Å²) < 4.78 is 34.5. The molecule has 0 bridgehead atoms. The molecule has 1 aliphatic heterocycles. The zero-order chi connectivity index (χ0) is 43.9. The third-order valence-corrected chi connectivity index (χ3v) is 18.6. The van der Waals surface area contributed by atoms with Crippen molar-refractivity contribution in [3.05, 3.63) is 179 Å². The molecule has 2 aromatic heterocycles. The number of nitrogens with one attached hydrogen (secondary N) is 1. The topological polar surface area (TPSA) is 123 Å². The summed E-state index contributed by atoms with van der Waals surface area (Å²) in [7, 11) is 3.82. The number of hydrogen-bond donors (Lipinski definition) is 1. The third-order valence-electron chi connectivity index (χ3n) is 11.4. The molecular formula is C48H52N4O7S2Si. The summed E-state index contributed by atoms with van der Waals surface area (Å²) in [5, 5.41) is 2.96. The maximum atomic E-state index is 14.1. The van der Waals surface area contributed by atoms with Gasteiger partial charge in [-0.15, -0.1) is 0 Å². The SMILES string of the molecule is COc1ccc(C(OC[C@H]2O[C@@H](n3ccc(NC(=O)c4ccccc4)nc3=O)[C@H](SSc3ccccn3)[C@@H]2O[Si](C)(C)C(C)(C)C)(c2ccccc2)c2ccc(OC)cc2)cc1. The van der Waals surface area contributed by atoms with E-state index >= 15 is 0 Å². The summed E-state index contributed by atoms with van der Waals surface area (Å²) >= 11 is 0. The Bertz CT molecular complexity index is 2410. The van der Waals surface area contributed by atoms with Gasteiger partial charge in [0.15, 0.2) is 14.5 Å². The number of pyridine rings is 1. The van der Waals surface area contributed by atoms with Crippen LogP contribution >= 0.6 is 21.6 Å². The van der Waals surface area contributed by atoms with Crippen LogP contribution in [0.25, 0.3) is 0 Å². The monoisotopic (exact) mass is 888 g/mol. The average molecular weight is 889 g/mol. The molecule has 0 aliphatic carbocycles. The molecule has 0 radical (unpaired) electrons. The lowest BCUT2D eigenvalue weighted by Crippen LogP contribution is -2.50. The highest BCUT2D eigenvalue weighted by molar-refractivity contribution is 8.76. The van der Waals surface area contributed by atoms with Crippen LogP contribution in [0.3, 0.4) is 0 Å². The fourth-order valence-electron chi connectivity index (χ4n) is 7.06. The van der Waals surface area contributed by atoms with E-state index in [1.165, 1.54) is 15.4 Å². The van der Waals surface area contributed by atoms with Crippen LogP contribution in [0.4, 0.5) is 5.82 Å². The lowest BCUT2D eigenvalue weighted by atomic mass is 9.80. The Balaban J connectivity index is 1.32. The van der Waals surface area contributed by atoms with Gasteiger partial charge in [0.25, 0.3) is 5.91 Å². The van der Waals surface area contributed by atoms with Crippen molar-refractivity contribution in [3.8, 4) is 11.5 Å². The van der Waals surface area contributed by atoms with Crippen molar-refractivity contribution in [3.63, 3.8) is 0 Å². The number of carbonyl (C=O) groups is 1. The summed E-state index contributed by atoms with van der Waals surface area (Å²) in [6.45, 7) is 11.1. The molecule has 0 spiro atoms. The molecule has 0 unspecified atom stereocenters. The fraction of sp³-hybridized carbons (Fsp3) is 0.292. The Labute approximate surface area is 372 Å². The quantitative estimate of drug-likeness (QED) is 0.0568. The van der Waals surface area contributed by atoms with Gasteiger partial charge in [-0.3, -0.25) is 9.36 Å². The predicted molar refractivity (Wildman–Crippen MR) is 249 cm³/mol. The highest BCUT2D eigenvalue weighted by atomic mass is 33.1. The van der Waals surface area contributed by atoms with Crippen molar-refractivity contribution in [1.29, 1.82) is 0 Å². The van der Waals surface area contributed by atoms with Gasteiger partial charge in [0.2, 0.25) is 0 Å². The van der Waals surface area contributed by atoms with Gasteiger partial charge in [-0.25, -0.2) is 9.78 Å². The maximum absolute atomic E-state index is 14.1. The third kappa shape index (κ3) is 9.86. The van der Waals surface area contributed by atoms with E-state index in [0.717, 1.165) is 21.7 Å². The largest absolute Gasteiger partial charge is 0.497 e. The summed E-state index contributed by atoms with van der Waals surface area (Å²) in [5.41, 5.74) is 1.37. The minimum atomic E-state index is -2.51. The van der Waals surface area contributed by atoms with Gasteiger partial charge in [0.05, 0.1) is 32.2 Å². The first-order chi connectivity index (χ1) is 29.8. The van der Waals surface area contributed by atoms with Crippen LogP contribution in [-0.4, -0.2) is 67.0 Å². The van der Waals surface area contributed by atoms with Crippen molar-refractivity contribution in [1.82, 2.24) is 14.5 Å². The highest BCUT2D eigenvalue weighted by Crippen LogP contribution is 2.50. The van der Waals surface area contributed by atoms with Gasteiger partial charge in [0, 0.05) is 18.0 Å². The number of hydrogen-bond acceptors (Lipinski definition) is 11. The van der Waals surface area contributed by atoms with Gasteiger partial charge >= 0.3 is 5.69 Å². The average Bonchev–Trinajstić information content (AvgIpc) is 3.62. The second-order valence-electron chi connectivity index (χ2n) is 16.4. The second kappa shape index (κ2) is 19.4. The van der Waals surface area contributed by atoms with Gasteiger partial charge in [-0.05, 0) is 100 Å². The number of aromatic nitrogens is 3. The van der Waals surface area contributed by atoms with Gasteiger partial charge in [-0.1, -0.05) is 110 Å². The van der Waals surface area contributed by atoms with E-state index in [-0.39, 0.29) is 23.4 Å². The van der Waals surface area contributed by atoms with Gasteiger partial charge in [-0.2, -0.15) is 4.98 Å². The number of benzene rings is 4.